The number of halogens is 1. The summed E-state index contributed by atoms with van der Waals surface area (Å²) in [5.41, 5.74) is 0.568. The van der Waals surface area contributed by atoms with Gasteiger partial charge in [0, 0.05) is 29.9 Å². The quantitative estimate of drug-likeness (QED) is 0.538. The van der Waals surface area contributed by atoms with Crippen molar-refractivity contribution in [2.45, 2.75) is 0 Å². The predicted octanol–water partition coefficient (Wildman–Crippen LogP) is 2.84. The van der Waals surface area contributed by atoms with Crippen molar-refractivity contribution in [2.75, 3.05) is 7.05 Å². The smallest absolute Gasteiger partial charge is 0.356 e. The van der Waals surface area contributed by atoms with E-state index in [-0.39, 0.29) is 17.0 Å². The number of amides is 1. The van der Waals surface area contributed by atoms with Crippen molar-refractivity contribution < 1.29 is 23.5 Å². The molecular weight excluding hydrogens is 393 g/mol. The van der Waals surface area contributed by atoms with Crippen LogP contribution in [0.2, 0.25) is 0 Å². The highest BCUT2D eigenvalue weighted by Crippen LogP contribution is 2.34. The number of carboxylic acids is 1. The van der Waals surface area contributed by atoms with Crippen molar-refractivity contribution in [1.82, 2.24) is 14.9 Å². The molecule has 0 radical (unpaired) electrons. The first-order valence-corrected chi connectivity index (χ1v) is 8.76. The summed E-state index contributed by atoms with van der Waals surface area (Å²) in [6.07, 6.45) is 2.01. The van der Waals surface area contributed by atoms with Gasteiger partial charge in [-0.2, -0.15) is 0 Å². The zero-order valence-electron chi connectivity index (χ0n) is 15.5. The maximum atomic E-state index is 13.3. The van der Waals surface area contributed by atoms with Crippen LogP contribution in [0.5, 0.6) is 0 Å². The molecule has 2 N–H and O–H groups in total. The molecule has 2 heterocycles. The van der Waals surface area contributed by atoms with E-state index >= 15 is 0 Å². The van der Waals surface area contributed by atoms with Gasteiger partial charge >= 0.3 is 5.97 Å². The number of hydrogen-bond acceptors (Lipinski definition) is 5. The molecule has 0 unspecified atom stereocenters. The minimum atomic E-state index is -1.28. The Balaban J connectivity index is 1.96. The fourth-order valence-electron chi connectivity index (χ4n) is 3.11. The van der Waals surface area contributed by atoms with Crippen LogP contribution in [0.15, 0.2) is 64.1 Å². The number of carbonyl (C=O) groups excluding carboxylic acids is 1. The zero-order valence-corrected chi connectivity index (χ0v) is 15.5. The summed E-state index contributed by atoms with van der Waals surface area (Å²) in [6, 6.07) is 10.2. The topological polar surface area (TPSA) is 114 Å². The first-order valence-electron chi connectivity index (χ1n) is 8.76. The van der Waals surface area contributed by atoms with Crippen LogP contribution in [-0.2, 0) is 0 Å². The highest BCUT2D eigenvalue weighted by Gasteiger charge is 2.22. The van der Waals surface area contributed by atoms with E-state index in [4.69, 9.17) is 9.52 Å². The monoisotopic (exact) mass is 407 g/mol. The number of nitrogens with one attached hydrogen (secondary N) is 1. The standard InChI is InChI=1S/C21H14FN3O5/c1-23-20(27)18-14-8-13(25-10-15(21(28)29)24-9-17(25)26)6-7-16(14)30-19(18)11-2-4-12(22)5-3-11/h2-10H,1H3,(H,23,27)(H,28,29). The van der Waals surface area contributed by atoms with Crippen molar-refractivity contribution in [1.29, 1.82) is 0 Å². The van der Waals surface area contributed by atoms with Crippen LogP contribution in [-0.4, -0.2) is 33.6 Å². The van der Waals surface area contributed by atoms with Crippen LogP contribution < -0.4 is 10.9 Å². The van der Waals surface area contributed by atoms with Gasteiger partial charge in [-0.25, -0.2) is 14.2 Å². The van der Waals surface area contributed by atoms with Gasteiger partial charge in [0.15, 0.2) is 5.69 Å². The molecule has 0 spiro atoms. The number of aromatic nitrogens is 2. The Labute approximate surface area is 168 Å². The molecule has 0 aliphatic carbocycles. The van der Waals surface area contributed by atoms with Crippen molar-refractivity contribution in [3.05, 3.63) is 82.3 Å². The van der Waals surface area contributed by atoms with Crippen LogP contribution in [0.1, 0.15) is 20.8 Å². The molecule has 0 saturated carbocycles. The molecule has 4 aromatic rings. The summed E-state index contributed by atoms with van der Waals surface area (Å²) in [4.78, 5) is 39.6. The Morgan fingerprint density at radius 1 is 1.17 bits per heavy atom. The number of furan rings is 1. The second-order valence-electron chi connectivity index (χ2n) is 6.36. The summed E-state index contributed by atoms with van der Waals surface area (Å²) >= 11 is 0. The van der Waals surface area contributed by atoms with Crippen molar-refractivity contribution >= 4 is 22.8 Å². The third-order valence-corrected chi connectivity index (χ3v) is 4.53. The lowest BCUT2D eigenvalue weighted by atomic mass is 10.0. The van der Waals surface area contributed by atoms with E-state index in [1.807, 2.05) is 0 Å². The van der Waals surface area contributed by atoms with Gasteiger partial charge in [0.1, 0.15) is 17.2 Å². The van der Waals surface area contributed by atoms with E-state index in [0.717, 1.165) is 17.0 Å². The SMILES string of the molecule is CNC(=O)c1c(-c2ccc(F)cc2)oc2ccc(-n3cc(C(=O)O)ncc3=O)cc12. The molecule has 2 aromatic carbocycles. The number of carboxylic acid groups (broad SMARTS) is 1. The molecule has 0 bridgehead atoms. The lowest BCUT2D eigenvalue weighted by Crippen LogP contribution is -2.20. The van der Waals surface area contributed by atoms with Gasteiger partial charge in [0.2, 0.25) is 0 Å². The predicted molar refractivity (Wildman–Crippen MR) is 105 cm³/mol. The summed E-state index contributed by atoms with van der Waals surface area (Å²) in [5.74, 6) is -1.89. The third kappa shape index (κ3) is 3.22. The number of rotatable bonds is 4. The highest BCUT2D eigenvalue weighted by atomic mass is 19.1. The Hall–Kier alpha value is -4.27. The molecule has 0 aliphatic heterocycles. The second kappa shape index (κ2) is 7.28. The number of aromatic carboxylic acids is 1. The molecule has 30 heavy (non-hydrogen) atoms. The Bertz CT molecular complexity index is 1360. The van der Waals surface area contributed by atoms with Gasteiger partial charge < -0.3 is 14.8 Å². The number of carbonyl (C=O) groups is 2. The van der Waals surface area contributed by atoms with Gasteiger partial charge in [-0.15, -0.1) is 0 Å². The van der Waals surface area contributed by atoms with Crippen molar-refractivity contribution in [3.63, 3.8) is 0 Å². The van der Waals surface area contributed by atoms with E-state index in [1.165, 1.54) is 31.3 Å². The van der Waals surface area contributed by atoms with Gasteiger partial charge in [-0.3, -0.25) is 14.2 Å². The molecule has 0 atom stereocenters. The lowest BCUT2D eigenvalue weighted by molar-refractivity contribution is 0.0689. The molecule has 0 saturated heterocycles. The number of nitrogens with zero attached hydrogens (tertiary/aromatic N) is 2. The first kappa shape index (κ1) is 19.1. The highest BCUT2D eigenvalue weighted by molar-refractivity contribution is 6.11. The minimum Gasteiger partial charge on any atom is -0.476 e. The van der Waals surface area contributed by atoms with Crippen LogP contribution in [0.3, 0.4) is 0 Å². The molecular formula is C21H14FN3O5. The fourth-order valence-corrected chi connectivity index (χ4v) is 3.11. The molecule has 0 fully saturated rings. The van der Waals surface area contributed by atoms with Crippen molar-refractivity contribution in [2.24, 2.45) is 0 Å². The van der Waals surface area contributed by atoms with Crippen LogP contribution >= 0.6 is 0 Å². The molecule has 2 aromatic heterocycles. The van der Waals surface area contributed by atoms with Gasteiger partial charge in [0.25, 0.3) is 11.5 Å². The Kier molecular flexibility index (Phi) is 4.63. The van der Waals surface area contributed by atoms with E-state index in [2.05, 4.69) is 10.3 Å². The second-order valence-corrected chi connectivity index (χ2v) is 6.36. The van der Waals surface area contributed by atoms with Gasteiger partial charge in [0.05, 0.1) is 11.8 Å². The van der Waals surface area contributed by atoms with Crippen molar-refractivity contribution in [3.8, 4) is 17.0 Å². The average molecular weight is 407 g/mol. The molecule has 150 valence electrons. The summed E-state index contributed by atoms with van der Waals surface area (Å²) in [6.45, 7) is 0. The largest absolute Gasteiger partial charge is 0.476 e. The van der Waals surface area contributed by atoms with E-state index in [9.17, 15) is 18.8 Å². The fraction of sp³-hybridized carbons (Fsp3) is 0.0476. The number of hydrogen-bond donors (Lipinski definition) is 2. The summed E-state index contributed by atoms with van der Waals surface area (Å²) in [7, 11) is 1.46. The summed E-state index contributed by atoms with van der Waals surface area (Å²) < 4.78 is 20.3. The molecule has 8 nitrogen and oxygen atoms in total. The Morgan fingerprint density at radius 2 is 1.90 bits per heavy atom. The van der Waals surface area contributed by atoms with Gasteiger partial charge in [-0.05, 0) is 42.5 Å². The summed E-state index contributed by atoms with van der Waals surface area (Å²) in [5, 5.41) is 12.1. The molecule has 1 amide bonds. The number of benzene rings is 2. The molecule has 0 aliphatic rings. The van der Waals surface area contributed by atoms with Crippen LogP contribution in [0.4, 0.5) is 4.39 Å². The average Bonchev–Trinajstić information content (AvgIpc) is 3.12. The maximum absolute atomic E-state index is 13.3. The Morgan fingerprint density at radius 3 is 2.57 bits per heavy atom. The van der Waals surface area contributed by atoms with E-state index in [1.54, 1.807) is 18.2 Å². The minimum absolute atomic E-state index is 0.210. The van der Waals surface area contributed by atoms with E-state index in [0.29, 0.717) is 22.2 Å². The van der Waals surface area contributed by atoms with E-state index < -0.39 is 23.3 Å². The lowest BCUT2D eigenvalue weighted by Gasteiger charge is -2.06. The third-order valence-electron chi connectivity index (χ3n) is 4.53. The van der Waals surface area contributed by atoms with Gasteiger partial charge in [-0.1, -0.05) is 0 Å². The number of fused-ring (bicyclic) bond motifs is 1. The maximum Gasteiger partial charge on any atom is 0.356 e. The molecule has 4 rings (SSSR count). The molecule has 9 heteroatoms. The zero-order chi connectivity index (χ0) is 21.4. The van der Waals surface area contributed by atoms with Crippen LogP contribution in [0.25, 0.3) is 28.0 Å². The first-order chi connectivity index (χ1) is 14.4. The van der Waals surface area contributed by atoms with Crippen LogP contribution in [0, 0.1) is 5.82 Å². The normalized spacial score (nSPS) is 10.9.